The molecule has 0 rings (SSSR count). The number of hydrogen-bond acceptors (Lipinski definition) is 6. The largest absolute Gasteiger partial charge is 0.462 e. The third-order valence-corrected chi connectivity index (χ3v) is 10.1. The van der Waals surface area contributed by atoms with Gasteiger partial charge in [-0.25, -0.2) is 0 Å². The first-order chi connectivity index (χ1) is 29.5. The quantitative estimate of drug-likeness (QED) is 0.0263. The van der Waals surface area contributed by atoms with Gasteiger partial charge in [-0.3, -0.25) is 14.4 Å². The van der Waals surface area contributed by atoms with Crippen LogP contribution in [0.4, 0.5) is 0 Å². The molecule has 0 bridgehead atoms. The normalized spacial score (nSPS) is 12.8. The fraction of sp³-hybridized carbons (Fsp3) is 0.685. The first-order valence-corrected chi connectivity index (χ1v) is 24.6. The molecule has 6 heteroatoms. The van der Waals surface area contributed by atoms with Crippen molar-refractivity contribution in [1.82, 2.24) is 0 Å². The molecule has 0 aromatic rings. The zero-order chi connectivity index (χ0) is 43.7. The lowest BCUT2D eigenvalue weighted by molar-refractivity contribution is -0.167. The Morgan fingerprint density at radius 2 is 0.650 bits per heavy atom. The number of carbonyl (C=O) groups is 3. The van der Waals surface area contributed by atoms with Crippen LogP contribution in [-0.4, -0.2) is 37.2 Å². The van der Waals surface area contributed by atoms with E-state index in [2.05, 4.69) is 106 Å². The summed E-state index contributed by atoms with van der Waals surface area (Å²) in [6, 6.07) is 0. The van der Waals surface area contributed by atoms with Crippen LogP contribution in [0, 0.1) is 0 Å². The summed E-state index contributed by atoms with van der Waals surface area (Å²) in [5.41, 5.74) is 0. The second-order valence-electron chi connectivity index (χ2n) is 16.0. The van der Waals surface area contributed by atoms with Crippen LogP contribution in [0.1, 0.15) is 220 Å². The lowest BCUT2D eigenvalue weighted by atomic mass is 10.1. The lowest BCUT2D eigenvalue weighted by Gasteiger charge is -2.18. The molecular formula is C54H90O6. The van der Waals surface area contributed by atoms with Gasteiger partial charge in [-0.15, -0.1) is 0 Å². The van der Waals surface area contributed by atoms with Gasteiger partial charge in [0, 0.05) is 19.3 Å². The maximum Gasteiger partial charge on any atom is 0.306 e. The number of hydrogen-bond donors (Lipinski definition) is 0. The van der Waals surface area contributed by atoms with E-state index < -0.39 is 6.10 Å². The summed E-state index contributed by atoms with van der Waals surface area (Å²) >= 11 is 0. The van der Waals surface area contributed by atoms with E-state index in [0.717, 1.165) is 103 Å². The molecule has 0 spiro atoms. The summed E-state index contributed by atoms with van der Waals surface area (Å²) < 4.78 is 16.7. The zero-order valence-corrected chi connectivity index (χ0v) is 38.9. The van der Waals surface area contributed by atoms with Crippen LogP contribution in [-0.2, 0) is 28.6 Å². The average molecular weight is 835 g/mol. The smallest absolute Gasteiger partial charge is 0.306 e. The maximum absolute atomic E-state index is 12.7. The molecule has 60 heavy (non-hydrogen) atoms. The van der Waals surface area contributed by atoms with Crippen LogP contribution in [0.3, 0.4) is 0 Å². The SMILES string of the molecule is CC/C=C\C/C=C\C/C=C\C/C=C\CCCCC(=O)O[C@@H](COC(=O)CCCCCC/C=C\C/C=C\C/C=C\CCCCC)COC(=O)CCCCCCCCCCCC. The highest BCUT2D eigenvalue weighted by atomic mass is 16.6. The Balaban J connectivity index is 4.48. The molecule has 0 amide bonds. The van der Waals surface area contributed by atoms with Crippen molar-refractivity contribution in [2.45, 2.75) is 226 Å². The molecule has 0 N–H and O–H groups in total. The second kappa shape index (κ2) is 48.3. The highest BCUT2D eigenvalue weighted by Gasteiger charge is 2.19. The third kappa shape index (κ3) is 45.7. The van der Waals surface area contributed by atoms with Crippen LogP contribution in [0.25, 0.3) is 0 Å². The molecule has 0 aliphatic rings. The lowest BCUT2D eigenvalue weighted by Crippen LogP contribution is -2.30. The van der Waals surface area contributed by atoms with E-state index in [1.807, 2.05) is 0 Å². The van der Waals surface area contributed by atoms with Gasteiger partial charge in [0.1, 0.15) is 13.2 Å². The van der Waals surface area contributed by atoms with Crippen LogP contribution < -0.4 is 0 Å². The number of rotatable bonds is 43. The molecule has 0 saturated carbocycles. The second-order valence-corrected chi connectivity index (χ2v) is 16.0. The van der Waals surface area contributed by atoms with E-state index in [4.69, 9.17) is 14.2 Å². The summed E-state index contributed by atoms with van der Waals surface area (Å²) in [6.45, 7) is 6.41. The highest BCUT2D eigenvalue weighted by molar-refractivity contribution is 5.71. The van der Waals surface area contributed by atoms with Crippen molar-refractivity contribution in [3.8, 4) is 0 Å². The minimum Gasteiger partial charge on any atom is -0.462 e. The van der Waals surface area contributed by atoms with Gasteiger partial charge >= 0.3 is 17.9 Å². The molecule has 0 aliphatic carbocycles. The van der Waals surface area contributed by atoms with E-state index in [1.54, 1.807) is 0 Å². The fourth-order valence-electron chi connectivity index (χ4n) is 6.44. The van der Waals surface area contributed by atoms with E-state index >= 15 is 0 Å². The fourth-order valence-corrected chi connectivity index (χ4v) is 6.44. The van der Waals surface area contributed by atoms with Gasteiger partial charge in [0.2, 0.25) is 0 Å². The van der Waals surface area contributed by atoms with Gasteiger partial charge in [-0.1, -0.05) is 189 Å². The van der Waals surface area contributed by atoms with Crippen molar-refractivity contribution in [2.24, 2.45) is 0 Å². The topological polar surface area (TPSA) is 78.9 Å². The van der Waals surface area contributed by atoms with Crippen molar-refractivity contribution in [1.29, 1.82) is 0 Å². The number of carbonyl (C=O) groups excluding carboxylic acids is 3. The van der Waals surface area contributed by atoms with Crippen molar-refractivity contribution in [2.75, 3.05) is 13.2 Å². The van der Waals surface area contributed by atoms with Crippen LogP contribution in [0.15, 0.2) is 85.1 Å². The Hall–Kier alpha value is -3.41. The van der Waals surface area contributed by atoms with Crippen molar-refractivity contribution in [3.63, 3.8) is 0 Å². The van der Waals surface area contributed by atoms with Crippen molar-refractivity contribution < 1.29 is 28.6 Å². The highest BCUT2D eigenvalue weighted by Crippen LogP contribution is 2.13. The van der Waals surface area contributed by atoms with Crippen LogP contribution in [0.2, 0.25) is 0 Å². The predicted molar refractivity (Wildman–Crippen MR) is 256 cm³/mol. The van der Waals surface area contributed by atoms with Gasteiger partial charge < -0.3 is 14.2 Å². The van der Waals surface area contributed by atoms with Crippen molar-refractivity contribution in [3.05, 3.63) is 85.1 Å². The van der Waals surface area contributed by atoms with Crippen LogP contribution >= 0.6 is 0 Å². The number of allylic oxidation sites excluding steroid dienone is 14. The minimum absolute atomic E-state index is 0.100. The zero-order valence-electron chi connectivity index (χ0n) is 38.9. The van der Waals surface area contributed by atoms with Gasteiger partial charge in [0.05, 0.1) is 0 Å². The number of unbranched alkanes of at least 4 members (excludes halogenated alkanes) is 18. The molecule has 0 fully saturated rings. The van der Waals surface area contributed by atoms with E-state index in [9.17, 15) is 14.4 Å². The molecular weight excluding hydrogens is 745 g/mol. The number of ether oxygens (including phenoxy) is 3. The standard InChI is InChI=1S/C54H90O6/c1-4-7-10-13-16-19-22-24-26-27-29-30-32-35-38-41-44-47-53(56)59-50-51(49-58-52(55)46-43-40-37-34-21-18-15-12-9-6-3)60-54(57)48-45-42-39-36-33-31-28-25-23-20-17-14-11-8-5-2/h8,11,16-17,19-20,24-26,28-30,33,36,51H,4-7,9-10,12-15,18,21-23,27,31-32,34-35,37-50H2,1-3H3/b11-8-,19-16-,20-17-,26-24-,28-25-,30-29-,36-33-/t51-/m1/s1. The van der Waals surface area contributed by atoms with E-state index in [-0.39, 0.29) is 37.5 Å². The monoisotopic (exact) mass is 835 g/mol. The predicted octanol–water partition coefficient (Wildman–Crippen LogP) is 16.0. The van der Waals surface area contributed by atoms with E-state index in [1.165, 1.54) is 70.6 Å². The minimum atomic E-state index is -0.805. The molecule has 0 heterocycles. The molecule has 0 saturated heterocycles. The summed E-state index contributed by atoms with van der Waals surface area (Å²) in [7, 11) is 0. The molecule has 0 aliphatic heterocycles. The van der Waals surface area contributed by atoms with Crippen LogP contribution in [0.5, 0.6) is 0 Å². The van der Waals surface area contributed by atoms with Gasteiger partial charge in [-0.05, 0) is 96.3 Å². The summed E-state index contributed by atoms with van der Waals surface area (Å²) in [6.07, 6.45) is 61.4. The molecule has 1 atom stereocenters. The Bertz CT molecular complexity index is 1190. The summed E-state index contributed by atoms with van der Waals surface area (Å²) in [5, 5.41) is 0. The number of esters is 3. The molecule has 0 aromatic carbocycles. The van der Waals surface area contributed by atoms with Crippen molar-refractivity contribution >= 4 is 17.9 Å². The molecule has 0 unspecified atom stereocenters. The first kappa shape index (κ1) is 56.6. The Kier molecular flexibility index (Phi) is 45.5. The van der Waals surface area contributed by atoms with E-state index in [0.29, 0.717) is 19.3 Å². The van der Waals surface area contributed by atoms with Gasteiger partial charge in [0.15, 0.2) is 6.10 Å². The Morgan fingerprint density at radius 1 is 0.350 bits per heavy atom. The molecule has 0 radical (unpaired) electrons. The Labute approximate surface area is 369 Å². The maximum atomic E-state index is 12.7. The average Bonchev–Trinajstić information content (AvgIpc) is 3.24. The Morgan fingerprint density at radius 3 is 1.08 bits per heavy atom. The molecule has 342 valence electrons. The first-order valence-electron chi connectivity index (χ1n) is 24.6. The third-order valence-electron chi connectivity index (χ3n) is 10.1. The molecule has 6 nitrogen and oxygen atoms in total. The summed E-state index contributed by atoms with van der Waals surface area (Å²) in [4.78, 5) is 37.8. The van der Waals surface area contributed by atoms with Gasteiger partial charge in [0.25, 0.3) is 0 Å². The van der Waals surface area contributed by atoms with Gasteiger partial charge in [-0.2, -0.15) is 0 Å². The summed E-state index contributed by atoms with van der Waals surface area (Å²) in [5.74, 6) is -0.970. The molecule has 0 aromatic heterocycles.